The molecule has 0 bridgehead atoms. The second-order valence-electron chi connectivity index (χ2n) is 7.68. The van der Waals surface area contributed by atoms with Crippen LogP contribution in [0.1, 0.15) is 22.7 Å². The highest BCUT2D eigenvalue weighted by Crippen LogP contribution is 2.25. The molecule has 0 aliphatic rings. The van der Waals surface area contributed by atoms with Crippen LogP contribution in [0.5, 0.6) is 0 Å². The number of amides is 2. The van der Waals surface area contributed by atoms with Crippen LogP contribution in [0.2, 0.25) is 0 Å². The van der Waals surface area contributed by atoms with Crippen molar-refractivity contribution in [1.82, 2.24) is 20.8 Å². The highest BCUT2D eigenvalue weighted by Gasteiger charge is 2.16. The summed E-state index contributed by atoms with van der Waals surface area (Å²) < 4.78 is 24.1. The smallest absolute Gasteiger partial charge is 0.270 e. The summed E-state index contributed by atoms with van der Waals surface area (Å²) in [7, 11) is 0. The van der Waals surface area contributed by atoms with Crippen molar-refractivity contribution in [2.75, 3.05) is 0 Å². The van der Waals surface area contributed by atoms with Crippen molar-refractivity contribution < 1.29 is 22.8 Å². The van der Waals surface area contributed by atoms with Crippen LogP contribution in [0.3, 0.4) is 0 Å². The van der Waals surface area contributed by atoms with Crippen LogP contribution in [0.25, 0.3) is 33.7 Å². The normalized spacial score (nSPS) is 10.9. The Morgan fingerprint density at radius 1 is 0.943 bits per heavy atom. The lowest BCUT2D eigenvalue weighted by Crippen LogP contribution is -2.41. The number of hydrogen-bond acceptors (Lipinski definition) is 6. The average Bonchev–Trinajstić information content (AvgIpc) is 3.59. The molecule has 2 aromatic carbocycles. The summed E-state index contributed by atoms with van der Waals surface area (Å²) in [6.07, 6.45) is 3.32. The van der Waals surface area contributed by atoms with E-state index in [0.717, 1.165) is 0 Å². The Morgan fingerprint density at radius 2 is 1.77 bits per heavy atom. The van der Waals surface area contributed by atoms with Gasteiger partial charge in [0.15, 0.2) is 17.4 Å². The maximum absolute atomic E-state index is 13.1. The van der Waals surface area contributed by atoms with E-state index in [1.165, 1.54) is 24.6 Å². The Bertz CT molecular complexity index is 1490. The molecule has 2 N–H and O–H groups in total. The van der Waals surface area contributed by atoms with Crippen LogP contribution < -0.4 is 10.9 Å². The number of fused-ring (bicyclic) bond motifs is 1. The van der Waals surface area contributed by atoms with E-state index in [-0.39, 0.29) is 18.7 Å². The topological polar surface area (TPSA) is 110 Å². The van der Waals surface area contributed by atoms with Crippen molar-refractivity contribution in [1.29, 1.82) is 0 Å². The third kappa shape index (κ3) is 4.93. The highest BCUT2D eigenvalue weighted by molar-refractivity contribution is 6.07. The fraction of sp³-hybridized carbons (Fsp3) is 0.0769. The van der Waals surface area contributed by atoms with Gasteiger partial charge in [0.25, 0.3) is 5.91 Å². The molecule has 0 aliphatic heterocycles. The molecule has 0 spiro atoms. The molecule has 0 aliphatic carbocycles. The first-order chi connectivity index (χ1) is 17.1. The molecule has 5 aromatic rings. The summed E-state index contributed by atoms with van der Waals surface area (Å²) in [6.45, 7) is 0. The number of halogens is 1. The molecule has 35 heavy (non-hydrogen) atoms. The monoisotopic (exact) mass is 470 g/mol. The number of aryl methyl sites for hydroxylation is 1. The van der Waals surface area contributed by atoms with Crippen molar-refractivity contribution in [2.24, 2.45) is 0 Å². The number of pyridine rings is 1. The van der Waals surface area contributed by atoms with Crippen LogP contribution in [0.15, 0.2) is 88.0 Å². The maximum atomic E-state index is 13.1. The molecule has 0 radical (unpaired) electrons. The SMILES string of the molecule is O=C(CCc1ncc(-c2ccc(F)cc2)o1)NNC(=O)c1cc(-c2ccco2)nc2ccccc12. The van der Waals surface area contributed by atoms with Crippen LogP contribution in [0.4, 0.5) is 4.39 Å². The van der Waals surface area contributed by atoms with E-state index in [1.807, 2.05) is 12.1 Å². The number of carbonyl (C=O) groups excluding carboxylic acids is 2. The minimum Gasteiger partial charge on any atom is -0.463 e. The zero-order chi connectivity index (χ0) is 24.2. The second-order valence-corrected chi connectivity index (χ2v) is 7.68. The molecule has 0 unspecified atom stereocenters. The van der Waals surface area contributed by atoms with Gasteiger partial charge in [0, 0.05) is 23.8 Å². The minimum atomic E-state index is -0.487. The predicted octanol–water partition coefficient (Wildman–Crippen LogP) is 4.68. The van der Waals surface area contributed by atoms with Crippen LogP contribution in [0, 0.1) is 5.82 Å². The van der Waals surface area contributed by atoms with E-state index in [2.05, 4.69) is 20.8 Å². The van der Waals surface area contributed by atoms with Gasteiger partial charge < -0.3 is 8.83 Å². The molecule has 5 rings (SSSR count). The number of rotatable bonds is 6. The molecule has 3 aromatic heterocycles. The first-order valence-corrected chi connectivity index (χ1v) is 10.8. The Hall–Kier alpha value is -4.79. The number of oxazole rings is 1. The third-order valence-electron chi connectivity index (χ3n) is 5.30. The van der Waals surface area contributed by atoms with Gasteiger partial charge >= 0.3 is 0 Å². The lowest BCUT2D eigenvalue weighted by molar-refractivity contribution is -0.121. The molecular weight excluding hydrogens is 451 g/mol. The Labute approximate surface area is 198 Å². The summed E-state index contributed by atoms with van der Waals surface area (Å²) in [5.41, 5.74) is 7.03. The number of para-hydroxylation sites is 1. The lowest BCUT2D eigenvalue weighted by Gasteiger charge is -2.10. The van der Waals surface area contributed by atoms with Gasteiger partial charge in [-0.15, -0.1) is 0 Å². The number of aromatic nitrogens is 2. The van der Waals surface area contributed by atoms with Gasteiger partial charge in [-0.3, -0.25) is 20.4 Å². The fourth-order valence-electron chi connectivity index (χ4n) is 3.56. The number of nitrogens with one attached hydrogen (secondary N) is 2. The van der Waals surface area contributed by atoms with E-state index in [1.54, 1.807) is 42.5 Å². The standard InChI is InChI=1S/C26H19FN4O4/c27-17-9-7-16(8-10-17)23-15-28-25(35-23)12-11-24(32)30-31-26(33)19-14-21(22-6-3-13-34-22)29-20-5-2-1-4-18(19)20/h1-10,13-15H,11-12H2,(H,30,32)(H,31,33). The van der Waals surface area contributed by atoms with E-state index >= 15 is 0 Å². The van der Waals surface area contributed by atoms with Crippen molar-refractivity contribution in [3.8, 4) is 22.8 Å². The van der Waals surface area contributed by atoms with Crippen molar-refractivity contribution in [3.05, 3.63) is 96.5 Å². The summed E-state index contributed by atoms with van der Waals surface area (Å²) >= 11 is 0. The van der Waals surface area contributed by atoms with E-state index in [9.17, 15) is 14.0 Å². The molecule has 174 valence electrons. The third-order valence-corrected chi connectivity index (χ3v) is 5.30. The lowest BCUT2D eigenvalue weighted by atomic mass is 10.1. The summed E-state index contributed by atoms with van der Waals surface area (Å²) in [6, 6.07) is 18.2. The van der Waals surface area contributed by atoms with Gasteiger partial charge in [-0.2, -0.15) is 0 Å². The molecule has 3 heterocycles. The molecule has 8 nitrogen and oxygen atoms in total. The Morgan fingerprint density at radius 3 is 2.57 bits per heavy atom. The van der Waals surface area contributed by atoms with Gasteiger partial charge in [-0.1, -0.05) is 18.2 Å². The van der Waals surface area contributed by atoms with E-state index < -0.39 is 11.8 Å². The summed E-state index contributed by atoms with van der Waals surface area (Å²) in [5.74, 6) is 0.118. The van der Waals surface area contributed by atoms with E-state index in [4.69, 9.17) is 8.83 Å². The summed E-state index contributed by atoms with van der Waals surface area (Å²) in [5, 5.41) is 0.641. The molecule has 0 saturated heterocycles. The number of carbonyl (C=O) groups is 2. The largest absolute Gasteiger partial charge is 0.463 e. The van der Waals surface area contributed by atoms with Gasteiger partial charge in [0.2, 0.25) is 5.91 Å². The second kappa shape index (κ2) is 9.60. The number of hydrogen-bond donors (Lipinski definition) is 2. The fourth-order valence-corrected chi connectivity index (χ4v) is 3.56. The number of hydrazine groups is 1. The number of benzene rings is 2. The molecular formula is C26H19FN4O4. The molecule has 9 heteroatoms. The van der Waals surface area contributed by atoms with Gasteiger partial charge in [-0.25, -0.2) is 14.4 Å². The highest BCUT2D eigenvalue weighted by atomic mass is 19.1. The van der Waals surface area contributed by atoms with Gasteiger partial charge in [-0.05, 0) is 48.5 Å². The Balaban J connectivity index is 1.22. The van der Waals surface area contributed by atoms with Crippen molar-refractivity contribution in [3.63, 3.8) is 0 Å². The van der Waals surface area contributed by atoms with Gasteiger partial charge in [0.1, 0.15) is 11.5 Å². The van der Waals surface area contributed by atoms with Crippen molar-refractivity contribution >= 4 is 22.7 Å². The van der Waals surface area contributed by atoms with Crippen molar-refractivity contribution in [2.45, 2.75) is 12.8 Å². The van der Waals surface area contributed by atoms with Crippen LogP contribution in [-0.4, -0.2) is 21.8 Å². The summed E-state index contributed by atoms with van der Waals surface area (Å²) in [4.78, 5) is 33.9. The minimum absolute atomic E-state index is 0.0401. The zero-order valence-electron chi connectivity index (χ0n) is 18.3. The average molecular weight is 470 g/mol. The Kier molecular flexibility index (Phi) is 6.04. The molecule has 0 saturated carbocycles. The number of nitrogens with zero attached hydrogens (tertiary/aromatic N) is 2. The molecule has 0 atom stereocenters. The quantitative estimate of drug-likeness (QED) is 0.349. The zero-order valence-corrected chi connectivity index (χ0v) is 18.3. The van der Waals surface area contributed by atoms with E-state index in [0.29, 0.717) is 45.1 Å². The van der Waals surface area contributed by atoms with Crippen LogP contribution >= 0.6 is 0 Å². The molecule has 0 fully saturated rings. The maximum Gasteiger partial charge on any atom is 0.270 e. The number of furan rings is 1. The molecule has 2 amide bonds. The van der Waals surface area contributed by atoms with Gasteiger partial charge in [0.05, 0.1) is 23.5 Å². The predicted molar refractivity (Wildman–Crippen MR) is 125 cm³/mol. The first kappa shape index (κ1) is 22.0. The first-order valence-electron chi connectivity index (χ1n) is 10.8. The van der Waals surface area contributed by atoms with Crippen LogP contribution in [-0.2, 0) is 11.2 Å².